The minimum Gasteiger partial charge on any atom is -0.366 e. The summed E-state index contributed by atoms with van der Waals surface area (Å²) in [6, 6.07) is 8.60. The molecule has 6 heteroatoms. The standard InChI is InChI=1S/C10H9NO4S/c1-7-9(8-5-3-2-4-6-8)15-16(13,14)11-10(7)12/h2-6H,1H3,(H,11,12). The van der Waals surface area contributed by atoms with Crippen LogP contribution in [0.1, 0.15) is 12.5 Å². The maximum atomic E-state index is 11.4. The molecule has 1 amide bonds. The zero-order valence-corrected chi connectivity index (χ0v) is 9.24. The van der Waals surface area contributed by atoms with Gasteiger partial charge in [0.05, 0.1) is 5.57 Å². The second kappa shape index (κ2) is 3.64. The van der Waals surface area contributed by atoms with Crippen LogP contribution in [0.5, 0.6) is 0 Å². The first-order chi connectivity index (χ1) is 7.49. The van der Waals surface area contributed by atoms with Gasteiger partial charge in [0.15, 0.2) is 5.76 Å². The number of carbonyl (C=O) groups excluding carboxylic acids is 1. The topological polar surface area (TPSA) is 72.5 Å². The van der Waals surface area contributed by atoms with Crippen LogP contribution in [0.4, 0.5) is 0 Å². The molecule has 5 nitrogen and oxygen atoms in total. The van der Waals surface area contributed by atoms with Gasteiger partial charge in [0, 0.05) is 5.56 Å². The van der Waals surface area contributed by atoms with Gasteiger partial charge in [-0.25, -0.2) is 4.72 Å². The zero-order valence-electron chi connectivity index (χ0n) is 8.43. The van der Waals surface area contributed by atoms with Crippen LogP contribution in [0.3, 0.4) is 0 Å². The summed E-state index contributed by atoms with van der Waals surface area (Å²) in [6.45, 7) is 1.51. The van der Waals surface area contributed by atoms with Gasteiger partial charge in [0.1, 0.15) is 0 Å². The van der Waals surface area contributed by atoms with E-state index in [1.165, 1.54) is 6.92 Å². The van der Waals surface area contributed by atoms with Gasteiger partial charge in [-0.3, -0.25) is 4.79 Å². The predicted molar refractivity (Wildman–Crippen MR) is 57.2 cm³/mol. The van der Waals surface area contributed by atoms with Gasteiger partial charge in [0.2, 0.25) is 0 Å². The summed E-state index contributed by atoms with van der Waals surface area (Å²) in [5.74, 6) is -0.588. The third-order valence-electron chi connectivity index (χ3n) is 2.13. The maximum absolute atomic E-state index is 11.4. The van der Waals surface area contributed by atoms with Crippen molar-refractivity contribution in [3.63, 3.8) is 0 Å². The first kappa shape index (κ1) is 10.7. The smallest absolute Gasteiger partial charge is 0.366 e. The van der Waals surface area contributed by atoms with Crippen LogP contribution in [0.25, 0.3) is 5.76 Å². The summed E-state index contributed by atoms with van der Waals surface area (Å²) in [4.78, 5) is 11.4. The van der Waals surface area contributed by atoms with E-state index in [1.54, 1.807) is 35.1 Å². The van der Waals surface area contributed by atoms with Crippen molar-refractivity contribution in [2.45, 2.75) is 6.92 Å². The predicted octanol–water partition coefficient (Wildman–Crippen LogP) is 0.809. The molecule has 1 heterocycles. The van der Waals surface area contributed by atoms with Crippen molar-refractivity contribution in [1.82, 2.24) is 4.72 Å². The number of carbonyl (C=O) groups is 1. The Morgan fingerprint density at radius 2 is 1.81 bits per heavy atom. The van der Waals surface area contributed by atoms with Crippen LogP contribution in [0.2, 0.25) is 0 Å². The summed E-state index contributed by atoms with van der Waals surface area (Å²) in [6.07, 6.45) is 0. The molecule has 0 atom stereocenters. The van der Waals surface area contributed by atoms with E-state index in [1.807, 2.05) is 0 Å². The fraction of sp³-hybridized carbons (Fsp3) is 0.100. The van der Waals surface area contributed by atoms with E-state index in [-0.39, 0.29) is 11.3 Å². The largest absolute Gasteiger partial charge is 0.410 e. The first-order valence-electron chi connectivity index (χ1n) is 4.52. The Balaban J connectivity index is 2.55. The van der Waals surface area contributed by atoms with Crippen molar-refractivity contribution >= 4 is 22.0 Å². The maximum Gasteiger partial charge on any atom is 0.410 e. The lowest BCUT2D eigenvalue weighted by molar-refractivity contribution is -0.116. The van der Waals surface area contributed by atoms with Crippen molar-refractivity contribution in [3.8, 4) is 0 Å². The average Bonchev–Trinajstić information content (AvgIpc) is 2.24. The van der Waals surface area contributed by atoms with Gasteiger partial charge in [-0.2, -0.15) is 8.42 Å². The molecular formula is C10H9NO4S. The lowest BCUT2D eigenvalue weighted by Crippen LogP contribution is -2.36. The van der Waals surface area contributed by atoms with E-state index in [4.69, 9.17) is 4.18 Å². The molecule has 0 fully saturated rings. The summed E-state index contributed by atoms with van der Waals surface area (Å²) >= 11 is 0. The van der Waals surface area contributed by atoms with E-state index in [2.05, 4.69) is 0 Å². The van der Waals surface area contributed by atoms with Gasteiger partial charge >= 0.3 is 10.3 Å². The number of rotatable bonds is 1. The molecule has 84 valence electrons. The van der Waals surface area contributed by atoms with Gasteiger partial charge < -0.3 is 4.18 Å². The Labute approximate surface area is 93.0 Å². The molecule has 1 aliphatic rings. The lowest BCUT2D eigenvalue weighted by Gasteiger charge is -2.18. The van der Waals surface area contributed by atoms with Crippen LogP contribution in [-0.2, 0) is 19.3 Å². The Hall–Kier alpha value is -1.82. The number of nitrogens with one attached hydrogen (secondary N) is 1. The molecule has 16 heavy (non-hydrogen) atoms. The van der Waals surface area contributed by atoms with Gasteiger partial charge in [0.25, 0.3) is 5.91 Å². The Morgan fingerprint density at radius 3 is 2.44 bits per heavy atom. The highest BCUT2D eigenvalue weighted by molar-refractivity contribution is 7.85. The van der Waals surface area contributed by atoms with Crippen molar-refractivity contribution in [3.05, 3.63) is 41.5 Å². The van der Waals surface area contributed by atoms with E-state index in [0.29, 0.717) is 5.56 Å². The average molecular weight is 239 g/mol. The molecule has 1 aromatic carbocycles. The van der Waals surface area contributed by atoms with Crippen LogP contribution in [-0.4, -0.2) is 14.3 Å². The molecule has 0 unspecified atom stereocenters. The lowest BCUT2D eigenvalue weighted by atomic mass is 10.1. The van der Waals surface area contributed by atoms with Gasteiger partial charge in [-0.05, 0) is 6.92 Å². The summed E-state index contributed by atoms with van der Waals surface area (Å²) in [5.41, 5.74) is 0.791. The van der Waals surface area contributed by atoms with E-state index >= 15 is 0 Å². The summed E-state index contributed by atoms with van der Waals surface area (Å²) in [7, 11) is -4.02. The number of hydrogen-bond acceptors (Lipinski definition) is 4. The molecule has 0 bridgehead atoms. The number of amides is 1. The quantitative estimate of drug-likeness (QED) is 0.787. The van der Waals surface area contributed by atoms with Crippen LogP contribution >= 0.6 is 0 Å². The fourth-order valence-electron chi connectivity index (χ4n) is 1.34. The molecule has 1 aromatic rings. The summed E-state index contributed by atoms with van der Waals surface area (Å²) in [5, 5.41) is 0. The molecule has 2 rings (SSSR count). The molecule has 0 saturated carbocycles. The molecule has 1 aliphatic heterocycles. The van der Waals surface area contributed by atoms with Gasteiger partial charge in [-0.15, -0.1) is 0 Å². The second-order valence-electron chi connectivity index (χ2n) is 3.29. The molecule has 0 spiro atoms. The number of benzene rings is 1. The molecular weight excluding hydrogens is 230 g/mol. The van der Waals surface area contributed by atoms with E-state index < -0.39 is 16.2 Å². The van der Waals surface area contributed by atoms with Crippen LogP contribution in [0, 0.1) is 0 Å². The highest BCUT2D eigenvalue weighted by Crippen LogP contribution is 2.25. The van der Waals surface area contributed by atoms with Crippen LogP contribution < -0.4 is 4.72 Å². The monoisotopic (exact) mass is 239 g/mol. The minimum atomic E-state index is -4.02. The highest BCUT2D eigenvalue weighted by atomic mass is 32.2. The van der Waals surface area contributed by atoms with Crippen molar-refractivity contribution < 1.29 is 17.4 Å². The fourth-order valence-corrected chi connectivity index (χ4v) is 2.20. The molecule has 0 aliphatic carbocycles. The molecule has 0 radical (unpaired) electrons. The van der Waals surface area contributed by atoms with Crippen LogP contribution in [0.15, 0.2) is 35.9 Å². The minimum absolute atomic E-state index is 0.0735. The van der Waals surface area contributed by atoms with Crippen molar-refractivity contribution in [2.24, 2.45) is 0 Å². The SMILES string of the molecule is CC1=C(c2ccccc2)OS(=O)(=O)NC1=O. The van der Waals surface area contributed by atoms with Crippen molar-refractivity contribution in [1.29, 1.82) is 0 Å². The molecule has 0 aromatic heterocycles. The molecule has 1 N–H and O–H groups in total. The second-order valence-corrected chi connectivity index (χ2v) is 4.57. The first-order valence-corrected chi connectivity index (χ1v) is 5.93. The van der Waals surface area contributed by atoms with Crippen molar-refractivity contribution in [2.75, 3.05) is 0 Å². The third kappa shape index (κ3) is 1.92. The van der Waals surface area contributed by atoms with E-state index in [9.17, 15) is 13.2 Å². The normalized spacial score (nSPS) is 18.9. The van der Waals surface area contributed by atoms with E-state index in [0.717, 1.165) is 0 Å². The Bertz CT molecular complexity index is 560. The third-order valence-corrected chi connectivity index (χ3v) is 2.95. The Kier molecular flexibility index (Phi) is 2.43. The highest BCUT2D eigenvalue weighted by Gasteiger charge is 2.29. The van der Waals surface area contributed by atoms with Gasteiger partial charge in [-0.1, -0.05) is 30.3 Å². The number of hydrogen-bond donors (Lipinski definition) is 1. The Morgan fingerprint density at radius 1 is 1.19 bits per heavy atom. The zero-order chi connectivity index (χ0) is 11.8. The summed E-state index contributed by atoms with van der Waals surface area (Å²) < 4.78 is 28.9. The molecule has 0 saturated heterocycles.